The number of ether oxygens (including phenoxy) is 3. The lowest BCUT2D eigenvalue weighted by Crippen LogP contribution is -2.30. The van der Waals surface area contributed by atoms with Crippen LogP contribution in [-0.4, -0.2) is 37.2 Å². The van der Waals surface area contributed by atoms with Gasteiger partial charge >= 0.3 is 17.9 Å². The van der Waals surface area contributed by atoms with E-state index in [4.69, 9.17) is 14.2 Å². The molecule has 0 bridgehead atoms. The van der Waals surface area contributed by atoms with E-state index in [0.29, 0.717) is 19.3 Å². The van der Waals surface area contributed by atoms with Crippen molar-refractivity contribution in [1.82, 2.24) is 0 Å². The summed E-state index contributed by atoms with van der Waals surface area (Å²) < 4.78 is 16.9. The van der Waals surface area contributed by atoms with Gasteiger partial charge in [0.25, 0.3) is 0 Å². The van der Waals surface area contributed by atoms with Gasteiger partial charge in [-0.2, -0.15) is 0 Å². The Morgan fingerprint density at radius 1 is 0.279 bits per heavy atom. The summed E-state index contributed by atoms with van der Waals surface area (Å²) in [5, 5.41) is 0. The van der Waals surface area contributed by atoms with Crippen LogP contribution in [0.4, 0.5) is 0 Å². The second-order valence-corrected chi connectivity index (χ2v) is 22.3. The van der Waals surface area contributed by atoms with Gasteiger partial charge < -0.3 is 14.2 Å². The van der Waals surface area contributed by atoms with Crippen LogP contribution < -0.4 is 0 Å². The fourth-order valence-electron chi connectivity index (χ4n) is 9.58. The Hall–Kier alpha value is -1.59. The van der Waals surface area contributed by atoms with E-state index in [0.717, 1.165) is 69.6 Å². The molecule has 0 saturated heterocycles. The van der Waals surface area contributed by atoms with Gasteiger partial charge in [0.15, 0.2) is 6.10 Å². The van der Waals surface area contributed by atoms with E-state index in [1.807, 2.05) is 0 Å². The molecule has 404 valence electrons. The van der Waals surface area contributed by atoms with Crippen LogP contribution in [0, 0.1) is 11.8 Å². The van der Waals surface area contributed by atoms with Crippen molar-refractivity contribution >= 4 is 17.9 Å². The van der Waals surface area contributed by atoms with E-state index >= 15 is 0 Å². The van der Waals surface area contributed by atoms with Crippen molar-refractivity contribution in [3.05, 3.63) is 0 Å². The molecule has 0 radical (unpaired) electrons. The quantitative estimate of drug-likeness (QED) is 0.0343. The van der Waals surface area contributed by atoms with Crippen LogP contribution in [0.1, 0.15) is 349 Å². The van der Waals surface area contributed by atoms with Crippen LogP contribution >= 0.6 is 0 Å². The summed E-state index contributed by atoms with van der Waals surface area (Å²) >= 11 is 0. The molecule has 68 heavy (non-hydrogen) atoms. The molecule has 0 saturated carbocycles. The molecule has 0 aromatic rings. The summed E-state index contributed by atoms with van der Waals surface area (Å²) in [5.41, 5.74) is 0. The van der Waals surface area contributed by atoms with Crippen LogP contribution in [0.2, 0.25) is 0 Å². The Labute approximate surface area is 425 Å². The van der Waals surface area contributed by atoms with Crippen molar-refractivity contribution < 1.29 is 28.6 Å². The standard InChI is InChI=1S/C62H120O6/c1-6-7-8-9-10-11-12-20-27-32-37-42-47-52-60(63)66-55-59(68-62(65)54-49-44-39-34-29-24-19-22-26-31-36-41-46-51-58(4)5)56-67-61(64)53-48-43-38-33-28-23-18-16-14-13-15-17-21-25-30-35-40-45-50-57(2)3/h57-59H,6-56H2,1-5H3/t59-/m1/s1. The normalized spacial score (nSPS) is 12.0. The van der Waals surface area contributed by atoms with E-state index in [1.165, 1.54) is 238 Å². The van der Waals surface area contributed by atoms with Gasteiger partial charge in [0, 0.05) is 19.3 Å². The van der Waals surface area contributed by atoms with Gasteiger partial charge in [-0.1, -0.05) is 311 Å². The predicted octanol–water partition coefficient (Wildman–Crippen LogP) is 20.4. The molecular formula is C62H120O6. The molecule has 0 unspecified atom stereocenters. The molecule has 0 heterocycles. The van der Waals surface area contributed by atoms with Gasteiger partial charge in [-0.25, -0.2) is 0 Å². The summed E-state index contributed by atoms with van der Waals surface area (Å²) in [6.07, 6.45) is 59.6. The number of rotatable bonds is 56. The largest absolute Gasteiger partial charge is 0.462 e. The summed E-state index contributed by atoms with van der Waals surface area (Å²) in [6, 6.07) is 0. The molecular weight excluding hydrogens is 841 g/mol. The third-order valence-corrected chi connectivity index (χ3v) is 14.2. The van der Waals surface area contributed by atoms with Crippen LogP contribution in [0.5, 0.6) is 0 Å². The van der Waals surface area contributed by atoms with Crippen LogP contribution in [0.25, 0.3) is 0 Å². The monoisotopic (exact) mass is 961 g/mol. The summed E-state index contributed by atoms with van der Waals surface area (Å²) in [6.45, 7) is 11.4. The maximum atomic E-state index is 12.9. The molecule has 0 aromatic carbocycles. The molecule has 0 N–H and O–H groups in total. The number of hydrogen-bond acceptors (Lipinski definition) is 6. The molecule has 6 nitrogen and oxygen atoms in total. The predicted molar refractivity (Wildman–Crippen MR) is 293 cm³/mol. The zero-order chi connectivity index (χ0) is 49.6. The Morgan fingerprint density at radius 2 is 0.485 bits per heavy atom. The zero-order valence-corrected chi connectivity index (χ0v) is 46.7. The van der Waals surface area contributed by atoms with Gasteiger partial charge in [-0.15, -0.1) is 0 Å². The van der Waals surface area contributed by atoms with Crippen molar-refractivity contribution in [2.75, 3.05) is 13.2 Å². The van der Waals surface area contributed by atoms with E-state index in [2.05, 4.69) is 34.6 Å². The fourth-order valence-corrected chi connectivity index (χ4v) is 9.58. The minimum atomic E-state index is -0.763. The van der Waals surface area contributed by atoms with E-state index in [9.17, 15) is 14.4 Å². The number of esters is 3. The lowest BCUT2D eigenvalue weighted by Gasteiger charge is -2.18. The highest BCUT2D eigenvalue weighted by molar-refractivity contribution is 5.71. The first kappa shape index (κ1) is 66.4. The van der Waals surface area contributed by atoms with Gasteiger partial charge in [0.2, 0.25) is 0 Å². The molecule has 0 aliphatic rings. The third-order valence-electron chi connectivity index (χ3n) is 14.2. The lowest BCUT2D eigenvalue weighted by atomic mass is 10.0. The molecule has 6 heteroatoms. The number of hydrogen-bond donors (Lipinski definition) is 0. The topological polar surface area (TPSA) is 78.9 Å². The minimum Gasteiger partial charge on any atom is -0.462 e. The number of carbonyl (C=O) groups is 3. The Kier molecular flexibility index (Phi) is 53.5. The highest BCUT2D eigenvalue weighted by Crippen LogP contribution is 2.19. The van der Waals surface area contributed by atoms with Crippen molar-refractivity contribution in [3.8, 4) is 0 Å². The van der Waals surface area contributed by atoms with Crippen molar-refractivity contribution in [2.24, 2.45) is 11.8 Å². The van der Waals surface area contributed by atoms with Gasteiger partial charge in [0.1, 0.15) is 13.2 Å². The van der Waals surface area contributed by atoms with E-state index in [1.54, 1.807) is 0 Å². The summed E-state index contributed by atoms with van der Waals surface area (Å²) in [4.78, 5) is 38.2. The maximum Gasteiger partial charge on any atom is 0.306 e. The Morgan fingerprint density at radius 3 is 0.721 bits per heavy atom. The zero-order valence-electron chi connectivity index (χ0n) is 46.7. The molecule has 0 rings (SSSR count). The maximum absolute atomic E-state index is 12.9. The van der Waals surface area contributed by atoms with Crippen molar-refractivity contribution in [3.63, 3.8) is 0 Å². The summed E-state index contributed by atoms with van der Waals surface area (Å²) in [5.74, 6) is 0.863. The average molecular weight is 962 g/mol. The second kappa shape index (κ2) is 54.7. The molecule has 0 aromatic heterocycles. The van der Waals surface area contributed by atoms with Gasteiger partial charge in [-0.3, -0.25) is 14.4 Å². The number of unbranched alkanes of at least 4 members (excludes halogenated alkanes) is 41. The summed E-state index contributed by atoms with van der Waals surface area (Å²) in [7, 11) is 0. The smallest absolute Gasteiger partial charge is 0.306 e. The average Bonchev–Trinajstić information content (AvgIpc) is 3.31. The SMILES string of the molecule is CCCCCCCCCCCCCCCC(=O)OC[C@H](COC(=O)CCCCCCCCCCCCCCCCCCCCC(C)C)OC(=O)CCCCCCCCCCCCCCCC(C)C. The molecule has 0 fully saturated rings. The lowest BCUT2D eigenvalue weighted by molar-refractivity contribution is -0.167. The highest BCUT2D eigenvalue weighted by atomic mass is 16.6. The molecule has 1 atom stereocenters. The van der Waals surface area contributed by atoms with Crippen molar-refractivity contribution in [1.29, 1.82) is 0 Å². The molecule has 0 amide bonds. The van der Waals surface area contributed by atoms with Gasteiger partial charge in [-0.05, 0) is 31.1 Å². The second-order valence-electron chi connectivity index (χ2n) is 22.3. The molecule has 0 aliphatic heterocycles. The molecule has 0 aliphatic carbocycles. The fraction of sp³-hybridized carbons (Fsp3) is 0.952. The van der Waals surface area contributed by atoms with Crippen LogP contribution in [0.15, 0.2) is 0 Å². The van der Waals surface area contributed by atoms with Gasteiger partial charge in [0.05, 0.1) is 0 Å². The Bertz CT molecular complexity index is 1040. The third kappa shape index (κ3) is 55.3. The van der Waals surface area contributed by atoms with E-state index in [-0.39, 0.29) is 31.1 Å². The highest BCUT2D eigenvalue weighted by Gasteiger charge is 2.19. The first-order chi connectivity index (χ1) is 33.2. The Balaban J connectivity index is 4.25. The van der Waals surface area contributed by atoms with Crippen LogP contribution in [-0.2, 0) is 28.6 Å². The minimum absolute atomic E-state index is 0.0621. The first-order valence-electron chi connectivity index (χ1n) is 30.7. The van der Waals surface area contributed by atoms with E-state index < -0.39 is 6.10 Å². The number of carbonyl (C=O) groups excluding carboxylic acids is 3. The molecule has 0 spiro atoms. The first-order valence-corrected chi connectivity index (χ1v) is 30.7. The van der Waals surface area contributed by atoms with Crippen molar-refractivity contribution in [2.45, 2.75) is 355 Å². The van der Waals surface area contributed by atoms with Crippen LogP contribution in [0.3, 0.4) is 0 Å².